The molecule has 2 aromatic heterocycles. The van der Waals surface area contributed by atoms with E-state index in [0.717, 1.165) is 0 Å². The van der Waals surface area contributed by atoms with Gasteiger partial charge in [0.25, 0.3) is 0 Å². The molecule has 0 aliphatic carbocycles. The van der Waals surface area contributed by atoms with Crippen LogP contribution in [0.25, 0.3) is 33.9 Å². The minimum atomic E-state index is -4.95. The predicted octanol–water partition coefficient (Wildman–Crippen LogP) is 6.79. The first-order chi connectivity index (χ1) is 13.1. The van der Waals surface area contributed by atoms with Crippen molar-refractivity contribution in [1.29, 1.82) is 0 Å². The number of halogens is 6. The highest BCUT2D eigenvalue weighted by molar-refractivity contribution is 5.81. The quantitative estimate of drug-likeness (QED) is 0.350. The standard InChI is InChI=1S/C19H9F6NO2/c20-18(21,22)12-6-11(7-13(9-12)19(23,24)25)17-26-14-4-3-10(8-16(14)28-17)15-2-1-5-27-15/h1-9H. The third-order valence-electron chi connectivity index (χ3n) is 4.03. The van der Waals surface area contributed by atoms with Gasteiger partial charge in [-0.15, -0.1) is 0 Å². The average molecular weight is 397 g/mol. The molecule has 4 rings (SSSR count). The van der Waals surface area contributed by atoms with Gasteiger partial charge in [-0.2, -0.15) is 26.3 Å². The summed E-state index contributed by atoms with van der Waals surface area (Å²) in [6.07, 6.45) is -8.43. The van der Waals surface area contributed by atoms with Crippen LogP contribution in [0.15, 0.2) is 63.6 Å². The van der Waals surface area contributed by atoms with Crippen LogP contribution in [-0.2, 0) is 12.4 Å². The number of fused-ring (bicyclic) bond motifs is 1. The monoisotopic (exact) mass is 397 g/mol. The highest BCUT2D eigenvalue weighted by Gasteiger charge is 2.37. The van der Waals surface area contributed by atoms with E-state index in [-0.39, 0.29) is 23.1 Å². The number of furan rings is 1. The lowest BCUT2D eigenvalue weighted by Crippen LogP contribution is -2.11. The molecule has 9 heteroatoms. The Morgan fingerprint density at radius 1 is 0.750 bits per heavy atom. The SMILES string of the molecule is FC(F)(F)c1cc(-c2nc3ccc(-c4ccco4)cc3o2)cc(C(F)(F)F)c1. The molecule has 28 heavy (non-hydrogen) atoms. The zero-order chi connectivity index (χ0) is 20.1. The zero-order valence-corrected chi connectivity index (χ0v) is 13.7. The Hall–Kier alpha value is -3.23. The Kier molecular flexibility index (Phi) is 3.99. The Bertz CT molecular complexity index is 1110. The largest absolute Gasteiger partial charge is 0.464 e. The molecule has 0 spiro atoms. The molecular formula is C19H9F6NO2. The van der Waals surface area contributed by atoms with Crippen molar-refractivity contribution in [2.75, 3.05) is 0 Å². The molecule has 4 aromatic rings. The van der Waals surface area contributed by atoms with Gasteiger partial charge in [-0.05, 0) is 48.5 Å². The van der Waals surface area contributed by atoms with E-state index in [9.17, 15) is 26.3 Å². The molecule has 0 fully saturated rings. The van der Waals surface area contributed by atoms with Gasteiger partial charge in [0, 0.05) is 11.1 Å². The summed E-state index contributed by atoms with van der Waals surface area (Å²) in [7, 11) is 0. The van der Waals surface area contributed by atoms with Crippen molar-refractivity contribution in [2.45, 2.75) is 12.4 Å². The van der Waals surface area contributed by atoms with Crippen molar-refractivity contribution in [3.05, 3.63) is 65.9 Å². The van der Waals surface area contributed by atoms with Gasteiger partial charge in [-0.3, -0.25) is 0 Å². The Labute approximate surface area is 153 Å². The molecule has 0 bridgehead atoms. The van der Waals surface area contributed by atoms with E-state index >= 15 is 0 Å². The van der Waals surface area contributed by atoms with Crippen LogP contribution in [0.1, 0.15) is 11.1 Å². The molecule has 0 saturated heterocycles. The van der Waals surface area contributed by atoms with Gasteiger partial charge in [-0.25, -0.2) is 4.98 Å². The van der Waals surface area contributed by atoms with Crippen LogP contribution in [0.4, 0.5) is 26.3 Å². The highest BCUT2D eigenvalue weighted by atomic mass is 19.4. The maximum Gasteiger partial charge on any atom is 0.416 e. The molecule has 0 aliphatic rings. The topological polar surface area (TPSA) is 39.2 Å². The molecule has 0 radical (unpaired) electrons. The number of hydrogen-bond donors (Lipinski definition) is 0. The second-order valence-electron chi connectivity index (χ2n) is 5.97. The summed E-state index contributed by atoms with van der Waals surface area (Å²) in [5, 5.41) is 0. The fraction of sp³-hybridized carbons (Fsp3) is 0.105. The molecule has 2 aromatic carbocycles. The summed E-state index contributed by atoms with van der Waals surface area (Å²) in [5.41, 5.74) is -2.17. The number of benzene rings is 2. The average Bonchev–Trinajstić information content (AvgIpc) is 3.28. The molecule has 0 atom stereocenters. The predicted molar refractivity (Wildman–Crippen MR) is 87.2 cm³/mol. The Morgan fingerprint density at radius 2 is 1.43 bits per heavy atom. The lowest BCUT2D eigenvalue weighted by molar-refractivity contribution is -0.143. The van der Waals surface area contributed by atoms with Crippen LogP contribution in [0.2, 0.25) is 0 Å². The van der Waals surface area contributed by atoms with Crippen molar-refractivity contribution in [2.24, 2.45) is 0 Å². The van der Waals surface area contributed by atoms with E-state index in [2.05, 4.69) is 4.98 Å². The number of alkyl halides is 6. The maximum absolute atomic E-state index is 13.0. The minimum Gasteiger partial charge on any atom is -0.464 e. The van der Waals surface area contributed by atoms with E-state index < -0.39 is 29.0 Å². The van der Waals surface area contributed by atoms with Gasteiger partial charge in [0.2, 0.25) is 5.89 Å². The molecular weight excluding hydrogens is 388 g/mol. The maximum atomic E-state index is 13.0. The van der Waals surface area contributed by atoms with Gasteiger partial charge < -0.3 is 8.83 Å². The smallest absolute Gasteiger partial charge is 0.416 e. The van der Waals surface area contributed by atoms with Crippen LogP contribution >= 0.6 is 0 Å². The molecule has 0 unspecified atom stereocenters. The van der Waals surface area contributed by atoms with E-state index in [4.69, 9.17) is 8.83 Å². The van der Waals surface area contributed by atoms with Crippen LogP contribution in [-0.4, -0.2) is 4.98 Å². The lowest BCUT2D eigenvalue weighted by atomic mass is 10.0. The van der Waals surface area contributed by atoms with Crippen LogP contribution in [0.5, 0.6) is 0 Å². The Morgan fingerprint density at radius 3 is 2.00 bits per heavy atom. The molecule has 0 saturated carbocycles. The lowest BCUT2D eigenvalue weighted by Gasteiger charge is -2.12. The molecule has 2 heterocycles. The van der Waals surface area contributed by atoms with Crippen molar-refractivity contribution in [3.8, 4) is 22.8 Å². The third kappa shape index (κ3) is 3.35. The van der Waals surface area contributed by atoms with Gasteiger partial charge in [0.1, 0.15) is 11.3 Å². The van der Waals surface area contributed by atoms with Crippen molar-refractivity contribution in [1.82, 2.24) is 4.98 Å². The summed E-state index contributed by atoms with van der Waals surface area (Å²) in [4.78, 5) is 4.02. The van der Waals surface area contributed by atoms with Crippen LogP contribution in [0.3, 0.4) is 0 Å². The van der Waals surface area contributed by atoms with Gasteiger partial charge in [-0.1, -0.05) is 0 Å². The Balaban J connectivity index is 1.85. The first-order valence-corrected chi connectivity index (χ1v) is 7.85. The molecule has 0 amide bonds. The van der Waals surface area contributed by atoms with E-state index in [0.29, 0.717) is 23.5 Å². The van der Waals surface area contributed by atoms with Gasteiger partial charge >= 0.3 is 12.4 Å². The molecule has 0 aliphatic heterocycles. The first kappa shape index (κ1) is 18.1. The van der Waals surface area contributed by atoms with Gasteiger partial charge in [0.15, 0.2) is 5.58 Å². The number of oxazole rings is 1. The number of rotatable bonds is 2. The van der Waals surface area contributed by atoms with Crippen molar-refractivity contribution >= 4 is 11.1 Å². The summed E-state index contributed by atoms with van der Waals surface area (Å²) < 4.78 is 88.9. The fourth-order valence-corrected chi connectivity index (χ4v) is 2.72. The number of hydrogen-bond acceptors (Lipinski definition) is 3. The van der Waals surface area contributed by atoms with E-state index in [1.807, 2.05) is 0 Å². The number of aromatic nitrogens is 1. The molecule has 3 nitrogen and oxygen atoms in total. The molecule has 0 N–H and O–H groups in total. The van der Waals surface area contributed by atoms with Crippen LogP contribution < -0.4 is 0 Å². The summed E-state index contributed by atoms with van der Waals surface area (Å²) in [6.45, 7) is 0. The van der Waals surface area contributed by atoms with Crippen LogP contribution in [0, 0.1) is 0 Å². The van der Waals surface area contributed by atoms with E-state index in [1.54, 1.807) is 30.3 Å². The normalized spacial score (nSPS) is 12.6. The molecule has 144 valence electrons. The number of nitrogens with zero attached hydrogens (tertiary/aromatic N) is 1. The highest BCUT2D eigenvalue weighted by Crippen LogP contribution is 2.39. The van der Waals surface area contributed by atoms with Crippen molar-refractivity contribution in [3.63, 3.8) is 0 Å². The fourth-order valence-electron chi connectivity index (χ4n) is 2.72. The summed E-state index contributed by atoms with van der Waals surface area (Å²) in [5.74, 6) is 0.182. The van der Waals surface area contributed by atoms with Gasteiger partial charge in [0.05, 0.1) is 17.4 Å². The van der Waals surface area contributed by atoms with Crippen molar-refractivity contribution < 1.29 is 35.2 Å². The summed E-state index contributed by atoms with van der Waals surface area (Å²) >= 11 is 0. The third-order valence-corrected chi connectivity index (χ3v) is 4.03. The second-order valence-corrected chi connectivity index (χ2v) is 5.97. The minimum absolute atomic E-state index is 0.0567. The van der Waals surface area contributed by atoms with E-state index in [1.165, 1.54) is 6.26 Å². The first-order valence-electron chi connectivity index (χ1n) is 7.85. The second kappa shape index (κ2) is 6.15. The zero-order valence-electron chi connectivity index (χ0n) is 13.7. The summed E-state index contributed by atoms with van der Waals surface area (Å²) in [6, 6.07) is 9.32.